The van der Waals surface area contributed by atoms with Crippen LogP contribution in [0, 0.1) is 0 Å². The number of benzene rings is 1. The number of carbonyl (C=O) groups is 1. The van der Waals surface area contributed by atoms with E-state index in [-0.39, 0.29) is 5.91 Å². The molecule has 0 aromatic heterocycles. The van der Waals surface area contributed by atoms with Crippen molar-refractivity contribution in [1.29, 1.82) is 0 Å². The zero-order valence-corrected chi connectivity index (χ0v) is 9.10. The summed E-state index contributed by atoms with van der Waals surface area (Å²) < 4.78 is 5.07. The molecular formula is C10H12N4O2. The molecule has 6 nitrogen and oxygen atoms in total. The monoisotopic (exact) mass is 220 g/mol. The van der Waals surface area contributed by atoms with Crippen molar-refractivity contribution in [2.24, 2.45) is 5.11 Å². The van der Waals surface area contributed by atoms with Gasteiger partial charge in [0.2, 0.25) is 5.91 Å². The van der Waals surface area contributed by atoms with Crippen LogP contribution in [0.4, 0.5) is 11.4 Å². The van der Waals surface area contributed by atoms with Crippen LogP contribution in [0.25, 0.3) is 10.4 Å². The van der Waals surface area contributed by atoms with Crippen LogP contribution in [0.1, 0.15) is 13.3 Å². The van der Waals surface area contributed by atoms with Gasteiger partial charge in [0.1, 0.15) is 5.75 Å². The third-order valence-corrected chi connectivity index (χ3v) is 1.94. The number of rotatable bonds is 4. The second kappa shape index (κ2) is 5.63. The van der Waals surface area contributed by atoms with Gasteiger partial charge in [-0.05, 0) is 23.7 Å². The first-order chi connectivity index (χ1) is 7.71. The molecular weight excluding hydrogens is 208 g/mol. The lowest BCUT2D eigenvalue weighted by atomic mass is 10.2. The maximum Gasteiger partial charge on any atom is 0.224 e. The van der Waals surface area contributed by atoms with Gasteiger partial charge in [-0.3, -0.25) is 4.79 Å². The first-order valence-electron chi connectivity index (χ1n) is 4.74. The van der Waals surface area contributed by atoms with Crippen LogP contribution in [0.15, 0.2) is 23.3 Å². The molecule has 0 unspecified atom stereocenters. The van der Waals surface area contributed by atoms with Crippen LogP contribution >= 0.6 is 0 Å². The molecule has 6 heteroatoms. The second-order valence-corrected chi connectivity index (χ2v) is 2.98. The third kappa shape index (κ3) is 2.90. The van der Waals surface area contributed by atoms with Gasteiger partial charge in [-0.25, -0.2) is 0 Å². The lowest BCUT2D eigenvalue weighted by Crippen LogP contribution is -2.10. The van der Waals surface area contributed by atoms with Gasteiger partial charge >= 0.3 is 0 Å². The van der Waals surface area contributed by atoms with E-state index in [1.54, 1.807) is 25.1 Å². The number of nitrogens with zero attached hydrogens (tertiary/aromatic N) is 3. The van der Waals surface area contributed by atoms with Crippen molar-refractivity contribution in [3.8, 4) is 5.75 Å². The Morgan fingerprint density at radius 1 is 1.62 bits per heavy atom. The highest BCUT2D eigenvalue weighted by atomic mass is 16.5. The fourth-order valence-corrected chi connectivity index (χ4v) is 1.15. The van der Waals surface area contributed by atoms with Gasteiger partial charge in [-0.1, -0.05) is 12.0 Å². The van der Waals surface area contributed by atoms with Gasteiger partial charge in [-0.2, -0.15) is 0 Å². The van der Waals surface area contributed by atoms with Crippen molar-refractivity contribution in [2.45, 2.75) is 13.3 Å². The zero-order chi connectivity index (χ0) is 12.0. The second-order valence-electron chi connectivity index (χ2n) is 2.98. The van der Waals surface area contributed by atoms with Crippen molar-refractivity contribution in [2.75, 3.05) is 12.4 Å². The number of hydrogen-bond acceptors (Lipinski definition) is 3. The average molecular weight is 220 g/mol. The van der Waals surface area contributed by atoms with E-state index in [9.17, 15) is 4.79 Å². The maximum absolute atomic E-state index is 11.2. The minimum Gasteiger partial charge on any atom is -0.495 e. The van der Waals surface area contributed by atoms with E-state index in [0.29, 0.717) is 23.5 Å². The van der Waals surface area contributed by atoms with E-state index in [1.807, 2.05) is 0 Å². The summed E-state index contributed by atoms with van der Waals surface area (Å²) in [6.45, 7) is 1.75. The minimum absolute atomic E-state index is 0.128. The van der Waals surface area contributed by atoms with Gasteiger partial charge in [0.25, 0.3) is 0 Å². The number of azide groups is 1. The first-order valence-corrected chi connectivity index (χ1v) is 4.74. The number of carbonyl (C=O) groups excluding carboxylic acids is 1. The largest absolute Gasteiger partial charge is 0.495 e. The van der Waals surface area contributed by atoms with E-state index in [2.05, 4.69) is 15.3 Å². The number of ether oxygens (including phenoxy) is 1. The standard InChI is InChI=1S/C10H12N4O2/c1-3-10(15)12-8-6-7(13-14-11)4-5-9(8)16-2/h4-6H,3H2,1-2H3,(H,12,15). The van der Waals surface area contributed by atoms with Gasteiger partial charge in [-0.15, -0.1) is 0 Å². The summed E-state index contributed by atoms with van der Waals surface area (Å²) in [5, 5.41) is 6.11. The topological polar surface area (TPSA) is 87.1 Å². The summed E-state index contributed by atoms with van der Waals surface area (Å²) in [7, 11) is 1.50. The predicted molar refractivity (Wildman–Crippen MR) is 60.7 cm³/mol. The van der Waals surface area contributed by atoms with Crippen LogP contribution in [0.5, 0.6) is 5.75 Å². The number of hydrogen-bond donors (Lipinski definition) is 1. The number of methoxy groups -OCH3 is 1. The van der Waals surface area contributed by atoms with Gasteiger partial charge < -0.3 is 10.1 Å². The van der Waals surface area contributed by atoms with Gasteiger partial charge in [0, 0.05) is 17.0 Å². The molecule has 0 fully saturated rings. The summed E-state index contributed by atoms with van der Waals surface area (Å²) in [6.07, 6.45) is 0.370. The highest BCUT2D eigenvalue weighted by molar-refractivity contribution is 5.92. The first kappa shape index (κ1) is 11.9. The summed E-state index contributed by atoms with van der Waals surface area (Å²) in [5.41, 5.74) is 9.23. The molecule has 0 saturated heterocycles. The van der Waals surface area contributed by atoms with E-state index in [1.165, 1.54) is 7.11 Å². The predicted octanol–water partition coefficient (Wildman–Crippen LogP) is 2.99. The molecule has 0 aliphatic rings. The summed E-state index contributed by atoms with van der Waals surface area (Å²) in [4.78, 5) is 13.9. The fourth-order valence-electron chi connectivity index (χ4n) is 1.15. The van der Waals surface area contributed by atoms with Crippen molar-refractivity contribution in [3.05, 3.63) is 28.6 Å². The van der Waals surface area contributed by atoms with Crippen LogP contribution in [0.3, 0.4) is 0 Å². The molecule has 1 aromatic rings. The molecule has 0 bridgehead atoms. The van der Waals surface area contributed by atoms with Crippen LogP contribution in [0.2, 0.25) is 0 Å². The van der Waals surface area contributed by atoms with Crippen molar-refractivity contribution < 1.29 is 9.53 Å². The molecule has 1 aromatic carbocycles. The average Bonchev–Trinajstić information content (AvgIpc) is 2.30. The normalized spacial score (nSPS) is 9.12. The Kier molecular flexibility index (Phi) is 4.17. The lowest BCUT2D eigenvalue weighted by molar-refractivity contribution is -0.115. The SMILES string of the molecule is CCC(=O)Nc1cc(N=[N+]=[N-])ccc1OC. The Hall–Kier alpha value is -2.20. The Bertz CT molecular complexity index is 438. The molecule has 1 rings (SSSR count). The maximum atomic E-state index is 11.2. The summed E-state index contributed by atoms with van der Waals surface area (Å²) >= 11 is 0. The van der Waals surface area contributed by atoms with E-state index in [4.69, 9.17) is 10.3 Å². The Morgan fingerprint density at radius 2 is 2.38 bits per heavy atom. The molecule has 1 amide bonds. The van der Waals surface area contributed by atoms with Gasteiger partial charge in [0.15, 0.2) is 0 Å². The quantitative estimate of drug-likeness (QED) is 0.480. The smallest absolute Gasteiger partial charge is 0.224 e. The Labute approximate surface area is 92.8 Å². The molecule has 16 heavy (non-hydrogen) atoms. The molecule has 0 aliphatic heterocycles. The van der Waals surface area contributed by atoms with Crippen molar-refractivity contribution >= 4 is 17.3 Å². The molecule has 0 atom stereocenters. The van der Waals surface area contributed by atoms with E-state index in [0.717, 1.165) is 0 Å². The molecule has 84 valence electrons. The molecule has 1 N–H and O–H groups in total. The van der Waals surface area contributed by atoms with Gasteiger partial charge in [0.05, 0.1) is 12.8 Å². The molecule has 0 spiro atoms. The highest BCUT2D eigenvalue weighted by Crippen LogP contribution is 2.29. The van der Waals surface area contributed by atoms with E-state index < -0.39 is 0 Å². The number of anilines is 1. The van der Waals surface area contributed by atoms with Crippen LogP contribution < -0.4 is 10.1 Å². The highest BCUT2D eigenvalue weighted by Gasteiger charge is 2.06. The third-order valence-electron chi connectivity index (χ3n) is 1.94. The molecule has 0 heterocycles. The molecule has 0 radical (unpaired) electrons. The van der Waals surface area contributed by atoms with Crippen molar-refractivity contribution in [3.63, 3.8) is 0 Å². The summed E-state index contributed by atoms with van der Waals surface area (Å²) in [5.74, 6) is 0.398. The summed E-state index contributed by atoms with van der Waals surface area (Å²) in [6, 6.07) is 4.81. The zero-order valence-electron chi connectivity index (χ0n) is 9.10. The lowest BCUT2D eigenvalue weighted by Gasteiger charge is -2.09. The van der Waals surface area contributed by atoms with Crippen LogP contribution in [-0.2, 0) is 4.79 Å². The van der Waals surface area contributed by atoms with Crippen molar-refractivity contribution in [1.82, 2.24) is 0 Å². The Morgan fingerprint density at radius 3 is 2.94 bits per heavy atom. The Balaban J connectivity index is 3.06. The molecule has 0 saturated carbocycles. The number of amides is 1. The van der Waals surface area contributed by atoms with E-state index >= 15 is 0 Å². The van der Waals surface area contributed by atoms with Crippen LogP contribution in [-0.4, -0.2) is 13.0 Å². The fraction of sp³-hybridized carbons (Fsp3) is 0.300. The molecule has 0 aliphatic carbocycles. The minimum atomic E-state index is -0.128. The number of nitrogens with one attached hydrogen (secondary N) is 1.